The molecule has 5 rings (SSSR count). The lowest BCUT2D eigenvalue weighted by molar-refractivity contribution is -0.135. The van der Waals surface area contributed by atoms with Gasteiger partial charge in [-0.1, -0.05) is 35.9 Å². The van der Waals surface area contributed by atoms with E-state index in [1.807, 2.05) is 43.5 Å². The molecular formula is C29H34N2O5S2. The minimum Gasteiger partial charge on any atom is -0.491 e. The zero-order valence-electron chi connectivity index (χ0n) is 21.8. The van der Waals surface area contributed by atoms with Crippen molar-refractivity contribution in [3.8, 4) is 5.75 Å². The van der Waals surface area contributed by atoms with Gasteiger partial charge in [-0.15, -0.1) is 11.3 Å². The molecule has 2 aliphatic heterocycles. The van der Waals surface area contributed by atoms with Gasteiger partial charge >= 0.3 is 0 Å². The summed E-state index contributed by atoms with van der Waals surface area (Å²) >= 11 is 1.69. The smallest absolute Gasteiger partial charge is 0.243 e. The number of carbonyl (C=O) groups excluding carboxylic acids is 1. The summed E-state index contributed by atoms with van der Waals surface area (Å²) in [6.07, 6.45) is 2.20. The van der Waals surface area contributed by atoms with E-state index in [-0.39, 0.29) is 36.0 Å². The molecule has 0 N–H and O–H groups in total. The number of hydrogen-bond donors (Lipinski definition) is 0. The number of nitrogens with zero attached hydrogens (tertiary/aromatic N) is 2. The van der Waals surface area contributed by atoms with Crippen molar-refractivity contribution in [1.29, 1.82) is 0 Å². The van der Waals surface area contributed by atoms with Crippen LogP contribution in [0.15, 0.2) is 64.9 Å². The van der Waals surface area contributed by atoms with Crippen molar-refractivity contribution >= 4 is 27.3 Å². The van der Waals surface area contributed by atoms with E-state index in [1.165, 1.54) is 9.18 Å². The molecule has 0 saturated carbocycles. The van der Waals surface area contributed by atoms with Crippen LogP contribution in [0.5, 0.6) is 5.75 Å². The van der Waals surface area contributed by atoms with Crippen LogP contribution in [-0.2, 0) is 26.0 Å². The molecule has 2 aromatic carbocycles. The van der Waals surface area contributed by atoms with E-state index in [1.54, 1.807) is 40.5 Å². The summed E-state index contributed by atoms with van der Waals surface area (Å²) in [5.74, 6) is 0.554. The van der Waals surface area contributed by atoms with Gasteiger partial charge in [-0.2, -0.15) is 4.31 Å². The normalized spacial score (nSPS) is 19.5. The van der Waals surface area contributed by atoms with Crippen LogP contribution in [0.25, 0.3) is 0 Å². The van der Waals surface area contributed by atoms with E-state index in [0.717, 1.165) is 41.7 Å². The minimum atomic E-state index is -3.89. The summed E-state index contributed by atoms with van der Waals surface area (Å²) in [6, 6.07) is 16.4. The highest BCUT2D eigenvalue weighted by atomic mass is 32.2. The first-order valence-corrected chi connectivity index (χ1v) is 15.4. The average Bonchev–Trinajstić information content (AvgIpc) is 3.60. The van der Waals surface area contributed by atoms with Gasteiger partial charge in [0.15, 0.2) is 0 Å². The van der Waals surface area contributed by atoms with Gasteiger partial charge < -0.3 is 14.4 Å². The Morgan fingerprint density at radius 2 is 1.92 bits per heavy atom. The lowest BCUT2D eigenvalue weighted by Gasteiger charge is -2.37. The Balaban J connectivity index is 1.39. The molecule has 0 unspecified atom stereocenters. The minimum absolute atomic E-state index is 0.157. The third-order valence-electron chi connectivity index (χ3n) is 7.31. The van der Waals surface area contributed by atoms with Crippen molar-refractivity contribution in [2.45, 2.75) is 50.2 Å². The Labute approximate surface area is 229 Å². The summed E-state index contributed by atoms with van der Waals surface area (Å²) in [6.45, 7) is 5.26. The van der Waals surface area contributed by atoms with E-state index in [9.17, 15) is 13.2 Å². The van der Waals surface area contributed by atoms with E-state index < -0.39 is 10.0 Å². The zero-order valence-corrected chi connectivity index (χ0v) is 23.5. The number of sulfonamides is 1. The number of thiophene rings is 1. The van der Waals surface area contributed by atoms with Crippen molar-refractivity contribution in [2.24, 2.45) is 0 Å². The highest BCUT2D eigenvalue weighted by Crippen LogP contribution is 2.34. The molecule has 2 aliphatic rings. The predicted octanol–water partition coefficient (Wildman–Crippen LogP) is 4.74. The van der Waals surface area contributed by atoms with Crippen LogP contribution in [0.2, 0.25) is 0 Å². The molecule has 1 amide bonds. The highest BCUT2D eigenvalue weighted by Gasteiger charge is 2.36. The molecule has 1 saturated heterocycles. The number of para-hydroxylation sites is 1. The number of carbonyl (C=O) groups is 1. The summed E-state index contributed by atoms with van der Waals surface area (Å²) < 4.78 is 40.7. The zero-order chi connectivity index (χ0) is 26.7. The molecule has 0 spiro atoms. The second-order valence-corrected chi connectivity index (χ2v) is 12.9. The number of fused-ring (bicyclic) bond motifs is 1. The molecule has 2 atom stereocenters. The molecule has 3 heterocycles. The van der Waals surface area contributed by atoms with Gasteiger partial charge in [0, 0.05) is 24.6 Å². The summed E-state index contributed by atoms with van der Waals surface area (Å²) in [5.41, 5.74) is 3.08. The van der Waals surface area contributed by atoms with Crippen LogP contribution in [0.3, 0.4) is 0 Å². The van der Waals surface area contributed by atoms with Crippen molar-refractivity contribution in [3.63, 3.8) is 0 Å². The molecule has 202 valence electrons. The Hall–Kier alpha value is -2.72. The van der Waals surface area contributed by atoms with E-state index >= 15 is 0 Å². The van der Waals surface area contributed by atoms with E-state index in [2.05, 4.69) is 6.07 Å². The topological polar surface area (TPSA) is 76.2 Å². The van der Waals surface area contributed by atoms with E-state index in [4.69, 9.17) is 9.47 Å². The van der Waals surface area contributed by atoms with Gasteiger partial charge in [0.05, 0.1) is 23.6 Å². The van der Waals surface area contributed by atoms with Crippen LogP contribution < -0.4 is 4.74 Å². The van der Waals surface area contributed by atoms with E-state index in [0.29, 0.717) is 19.8 Å². The van der Waals surface area contributed by atoms with Crippen LogP contribution in [0, 0.1) is 13.8 Å². The molecule has 0 bridgehead atoms. The summed E-state index contributed by atoms with van der Waals surface area (Å²) in [5, 5.41) is 2.05. The molecule has 1 aromatic heterocycles. The maximum absolute atomic E-state index is 13.9. The number of benzene rings is 2. The van der Waals surface area contributed by atoms with Crippen LogP contribution in [0.4, 0.5) is 0 Å². The van der Waals surface area contributed by atoms with Crippen molar-refractivity contribution in [2.75, 3.05) is 32.8 Å². The van der Waals surface area contributed by atoms with Gasteiger partial charge in [0.2, 0.25) is 15.9 Å². The summed E-state index contributed by atoms with van der Waals surface area (Å²) in [4.78, 5) is 17.1. The van der Waals surface area contributed by atoms with Gasteiger partial charge in [-0.3, -0.25) is 4.79 Å². The lowest BCUT2D eigenvalue weighted by Crippen LogP contribution is -2.49. The van der Waals surface area contributed by atoms with Gasteiger partial charge in [0.1, 0.15) is 12.4 Å². The summed E-state index contributed by atoms with van der Waals surface area (Å²) in [7, 11) is -3.89. The van der Waals surface area contributed by atoms with Gasteiger partial charge in [-0.05, 0) is 73.9 Å². The first-order valence-electron chi connectivity index (χ1n) is 13.1. The number of ether oxygens (including phenoxy) is 2. The molecule has 7 nitrogen and oxygen atoms in total. The number of hydrogen-bond acceptors (Lipinski definition) is 6. The van der Waals surface area contributed by atoms with Crippen molar-refractivity contribution in [3.05, 3.63) is 81.5 Å². The molecule has 0 aliphatic carbocycles. The third-order valence-corrected chi connectivity index (χ3v) is 10.1. The number of amides is 1. The fourth-order valence-electron chi connectivity index (χ4n) is 5.13. The monoisotopic (exact) mass is 554 g/mol. The molecule has 0 radical (unpaired) electrons. The first kappa shape index (κ1) is 26.9. The van der Waals surface area contributed by atoms with Crippen LogP contribution in [0.1, 0.15) is 40.5 Å². The number of aryl methyl sites for hydroxylation is 2. The molecule has 1 fully saturated rings. The fraction of sp³-hybridized carbons (Fsp3) is 0.414. The maximum Gasteiger partial charge on any atom is 0.243 e. The lowest BCUT2D eigenvalue weighted by atomic mass is 10.0. The highest BCUT2D eigenvalue weighted by molar-refractivity contribution is 7.89. The SMILES string of the molecule is Cc1ccc(S(=O)(=O)N(CC(=O)N2CCc3sccc3[C@@H]2COc2ccccc2C)C[C@H]2CCCO2)cc1. The molecule has 38 heavy (non-hydrogen) atoms. The molecule has 3 aromatic rings. The van der Waals surface area contributed by atoms with Crippen molar-refractivity contribution < 1.29 is 22.7 Å². The maximum atomic E-state index is 13.9. The largest absolute Gasteiger partial charge is 0.491 e. The Morgan fingerprint density at radius 1 is 1.13 bits per heavy atom. The Bertz CT molecular complexity index is 1360. The average molecular weight is 555 g/mol. The quantitative estimate of drug-likeness (QED) is 0.382. The van der Waals surface area contributed by atoms with Crippen molar-refractivity contribution in [1.82, 2.24) is 9.21 Å². The predicted molar refractivity (Wildman–Crippen MR) is 148 cm³/mol. The second-order valence-electron chi connectivity index (χ2n) is 9.97. The van der Waals surface area contributed by atoms with Crippen LogP contribution in [-0.4, -0.2) is 62.5 Å². The molecule has 9 heteroatoms. The van der Waals surface area contributed by atoms with Crippen LogP contribution >= 0.6 is 11.3 Å². The second kappa shape index (κ2) is 11.6. The van der Waals surface area contributed by atoms with Gasteiger partial charge in [-0.25, -0.2) is 8.42 Å². The standard InChI is InChI=1S/C29H34N2O5S2/c1-21-9-11-24(12-10-21)38(33,34)30(18-23-7-5-16-35-23)19-29(32)31-15-13-28-25(14-17-37-28)26(31)20-36-27-8-4-3-6-22(27)2/h3-4,6,8-12,14,17,23,26H,5,7,13,15-16,18-20H2,1-2H3/t23-,26+/m1/s1. The Morgan fingerprint density at radius 3 is 2.66 bits per heavy atom. The Kier molecular flexibility index (Phi) is 8.18. The first-order chi connectivity index (χ1) is 18.3. The number of rotatable bonds is 9. The fourth-order valence-corrected chi connectivity index (χ4v) is 7.48. The molecular weight excluding hydrogens is 520 g/mol. The van der Waals surface area contributed by atoms with Gasteiger partial charge in [0.25, 0.3) is 0 Å². The third kappa shape index (κ3) is 5.81.